The van der Waals surface area contributed by atoms with Crippen LogP contribution in [0.3, 0.4) is 0 Å². The van der Waals surface area contributed by atoms with Crippen LogP contribution in [0.2, 0.25) is 5.02 Å². The predicted octanol–water partition coefficient (Wildman–Crippen LogP) is 2.49. The van der Waals surface area contributed by atoms with Crippen molar-refractivity contribution in [1.29, 1.82) is 0 Å². The van der Waals surface area contributed by atoms with E-state index in [1.54, 1.807) is 24.3 Å². The molecular weight excluding hydrogens is 314 g/mol. The van der Waals surface area contributed by atoms with Gasteiger partial charge in [-0.3, -0.25) is 0 Å². The first-order chi connectivity index (χ1) is 9.97. The first-order valence-corrected chi connectivity index (χ1v) is 7.91. The van der Waals surface area contributed by atoms with Gasteiger partial charge in [0.25, 0.3) is 0 Å². The van der Waals surface area contributed by atoms with Crippen molar-refractivity contribution in [3.8, 4) is 0 Å². The van der Waals surface area contributed by atoms with E-state index >= 15 is 0 Å². The number of sulfonamides is 1. The summed E-state index contributed by atoms with van der Waals surface area (Å²) in [5.74, 6) is -0.547. The maximum Gasteiger partial charge on any atom is 0.340 e. The number of rotatable bonds is 3. The Bertz CT molecular complexity index is 802. The topological polar surface area (TPSA) is 72.5 Å². The lowest BCUT2D eigenvalue weighted by atomic mass is 10.1. The van der Waals surface area contributed by atoms with Crippen molar-refractivity contribution in [2.45, 2.75) is 11.1 Å². The summed E-state index contributed by atoms with van der Waals surface area (Å²) in [4.78, 5) is 11.7. The molecule has 0 spiro atoms. The van der Waals surface area contributed by atoms with E-state index in [2.05, 4.69) is 4.72 Å². The van der Waals surface area contributed by atoms with Crippen LogP contribution in [0.5, 0.6) is 0 Å². The highest BCUT2D eigenvalue weighted by atomic mass is 35.5. The summed E-state index contributed by atoms with van der Waals surface area (Å²) < 4.78 is 32.0. The van der Waals surface area contributed by atoms with E-state index in [1.165, 1.54) is 24.3 Å². The van der Waals surface area contributed by atoms with Crippen LogP contribution in [0.25, 0.3) is 0 Å². The highest BCUT2D eigenvalue weighted by Gasteiger charge is 2.33. The summed E-state index contributed by atoms with van der Waals surface area (Å²) >= 11 is 5.73. The Morgan fingerprint density at radius 3 is 2.43 bits per heavy atom. The Kier molecular flexibility index (Phi) is 3.44. The van der Waals surface area contributed by atoms with Crippen LogP contribution >= 0.6 is 11.6 Å². The smallest absolute Gasteiger partial charge is 0.340 e. The normalized spacial score (nSPS) is 17.4. The molecule has 0 fully saturated rings. The van der Waals surface area contributed by atoms with Crippen LogP contribution in [-0.4, -0.2) is 14.4 Å². The fourth-order valence-corrected chi connectivity index (χ4v) is 3.27. The first kappa shape index (κ1) is 14.1. The van der Waals surface area contributed by atoms with Crippen molar-refractivity contribution in [3.63, 3.8) is 0 Å². The third-order valence-electron chi connectivity index (χ3n) is 3.07. The van der Waals surface area contributed by atoms with Crippen molar-refractivity contribution < 1.29 is 17.9 Å². The van der Waals surface area contributed by atoms with Gasteiger partial charge in [-0.05, 0) is 30.3 Å². The largest absolute Gasteiger partial charge is 0.438 e. The summed E-state index contributed by atoms with van der Waals surface area (Å²) in [6.07, 6.45) is -1.02. The third-order valence-corrected chi connectivity index (χ3v) is 4.74. The minimum Gasteiger partial charge on any atom is -0.438 e. The number of carbonyl (C=O) groups is 1. The highest BCUT2D eigenvalue weighted by molar-refractivity contribution is 7.89. The molecule has 0 radical (unpaired) electrons. The second-order valence-corrected chi connectivity index (χ2v) is 6.60. The monoisotopic (exact) mass is 323 g/mol. The molecule has 5 nitrogen and oxygen atoms in total. The van der Waals surface area contributed by atoms with E-state index < -0.39 is 22.2 Å². The van der Waals surface area contributed by atoms with E-state index in [0.29, 0.717) is 16.1 Å². The van der Waals surface area contributed by atoms with Crippen molar-refractivity contribution >= 4 is 27.6 Å². The zero-order valence-corrected chi connectivity index (χ0v) is 12.2. The molecule has 21 heavy (non-hydrogen) atoms. The lowest BCUT2D eigenvalue weighted by Gasteiger charge is -2.13. The Morgan fingerprint density at radius 1 is 1.05 bits per heavy atom. The number of fused-ring (bicyclic) bond motifs is 1. The van der Waals surface area contributed by atoms with Crippen LogP contribution in [0, 0.1) is 0 Å². The number of benzene rings is 2. The van der Waals surface area contributed by atoms with E-state index in [4.69, 9.17) is 16.3 Å². The number of hydrogen-bond acceptors (Lipinski definition) is 4. The molecule has 1 N–H and O–H groups in total. The van der Waals surface area contributed by atoms with Gasteiger partial charge < -0.3 is 4.74 Å². The standard InChI is InChI=1S/C14H10ClNO4S/c15-9-5-7-10(8-6-9)21(18,19)16-13-11-3-1-2-4-12(11)14(17)20-13/h1-8,13,16H. The molecule has 108 valence electrons. The Morgan fingerprint density at radius 2 is 1.71 bits per heavy atom. The van der Waals surface area contributed by atoms with E-state index in [9.17, 15) is 13.2 Å². The van der Waals surface area contributed by atoms with Gasteiger partial charge in [0.05, 0.1) is 10.5 Å². The van der Waals surface area contributed by atoms with Gasteiger partial charge in [-0.2, -0.15) is 4.72 Å². The number of cyclic esters (lactones) is 1. The van der Waals surface area contributed by atoms with Crippen LogP contribution < -0.4 is 4.72 Å². The number of carbonyl (C=O) groups excluding carboxylic acids is 1. The number of halogens is 1. The average molecular weight is 324 g/mol. The summed E-state index contributed by atoms with van der Waals surface area (Å²) in [5.41, 5.74) is 0.862. The van der Waals surface area contributed by atoms with E-state index in [1.807, 2.05) is 0 Å². The molecule has 2 aromatic carbocycles. The number of hydrogen-bond donors (Lipinski definition) is 1. The van der Waals surface area contributed by atoms with Crippen LogP contribution in [0.1, 0.15) is 22.1 Å². The lowest BCUT2D eigenvalue weighted by molar-refractivity contribution is 0.0364. The number of nitrogens with one attached hydrogen (secondary N) is 1. The summed E-state index contributed by atoms with van der Waals surface area (Å²) in [6, 6.07) is 12.4. The van der Waals surface area contributed by atoms with Gasteiger partial charge in [-0.25, -0.2) is 13.2 Å². The zero-order valence-electron chi connectivity index (χ0n) is 10.6. The Balaban J connectivity index is 1.91. The molecule has 7 heteroatoms. The second-order valence-electron chi connectivity index (χ2n) is 4.45. The Labute approximate surface area is 126 Å². The van der Waals surface area contributed by atoms with E-state index in [0.717, 1.165) is 0 Å². The molecule has 0 saturated carbocycles. The molecule has 1 aliphatic heterocycles. The van der Waals surface area contributed by atoms with Gasteiger partial charge in [0.15, 0.2) is 6.23 Å². The average Bonchev–Trinajstić information content (AvgIpc) is 2.76. The van der Waals surface area contributed by atoms with Crippen molar-refractivity contribution in [2.24, 2.45) is 0 Å². The molecule has 0 aromatic heterocycles. The third kappa shape index (κ3) is 2.65. The number of esters is 1. The molecule has 1 heterocycles. The maximum absolute atomic E-state index is 12.3. The molecule has 1 aliphatic rings. The van der Waals surface area contributed by atoms with Crippen molar-refractivity contribution in [1.82, 2.24) is 4.72 Å². The Hall–Kier alpha value is -1.89. The minimum atomic E-state index is -3.81. The first-order valence-electron chi connectivity index (χ1n) is 6.05. The van der Waals surface area contributed by atoms with Gasteiger partial charge in [0, 0.05) is 10.6 Å². The van der Waals surface area contributed by atoms with Crippen LogP contribution in [0.4, 0.5) is 0 Å². The van der Waals surface area contributed by atoms with Gasteiger partial charge in [-0.1, -0.05) is 29.8 Å². The maximum atomic E-state index is 12.3. The fraction of sp³-hybridized carbons (Fsp3) is 0.0714. The molecule has 1 atom stereocenters. The fourth-order valence-electron chi connectivity index (χ4n) is 2.06. The van der Waals surface area contributed by atoms with Gasteiger partial charge in [0.2, 0.25) is 10.0 Å². The lowest BCUT2D eigenvalue weighted by Crippen LogP contribution is -2.28. The molecular formula is C14H10ClNO4S. The summed E-state index contributed by atoms with van der Waals surface area (Å²) in [6.45, 7) is 0. The summed E-state index contributed by atoms with van der Waals surface area (Å²) in [7, 11) is -3.81. The SMILES string of the molecule is O=C1OC(NS(=O)(=O)c2ccc(Cl)cc2)c2ccccc21. The molecule has 0 amide bonds. The van der Waals surface area contributed by atoms with Crippen molar-refractivity contribution in [3.05, 3.63) is 64.7 Å². The molecule has 0 bridgehead atoms. The molecule has 1 unspecified atom stereocenters. The van der Waals surface area contributed by atoms with Gasteiger partial charge in [0.1, 0.15) is 0 Å². The summed E-state index contributed by atoms with van der Waals surface area (Å²) in [5, 5.41) is 0.437. The molecule has 0 saturated heterocycles. The molecule has 0 aliphatic carbocycles. The van der Waals surface area contributed by atoms with Crippen LogP contribution in [0.15, 0.2) is 53.4 Å². The quantitative estimate of drug-likeness (QED) is 0.881. The minimum absolute atomic E-state index is 0.0485. The van der Waals surface area contributed by atoms with Gasteiger partial charge >= 0.3 is 5.97 Å². The van der Waals surface area contributed by atoms with Crippen LogP contribution in [-0.2, 0) is 14.8 Å². The second kappa shape index (κ2) is 5.14. The van der Waals surface area contributed by atoms with E-state index in [-0.39, 0.29) is 4.90 Å². The van der Waals surface area contributed by atoms with Crippen molar-refractivity contribution in [2.75, 3.05) is 0 Å². The number of ether oxygens (including phenoxy) is 1. The highest BCUT2D eigenvalue weighted by Crippen LogP contribution is 2.29. The molecule has 2 aromatic rings. The van der Waals surface area contributed by atoms with Gasteiger partial charge in [-0.15, -0.1) is 0 Å². The predicted molar refractivity (Wildman–Crippen MR) is 76.4 cm³/mol. The zero-order chi connectivity index (χ0) is 15.0. The molecule has 3 rings (SSSR count).